The van der Waals surface area contributed by atoms with Gasteiger partial charge >= 0.3 is 0 Å². The molecule has 4 aliphatic rings. The zero-order chi connectivity index (χ0) is 49.8. The lowest BCUT2D eigenvalue weighted by molar-refractivity contribution is 0.483. The van der Waals surface area contributed by atoms with Gasteiger partial charge in [0.1, 0.15) is 23.0 Å². The van der Waals surface area contributed by atoms with E-state index in [4.69, 9.17) is 9.47 Å². The lowest BCUT2D eigenvalue weighted by Crippen LogP contribution is -2.64. The highest BCUT2D eigenvalue weighted by atomic mass is 32.2. The summed E-state index contributed by atoms with van der Waals surface area (Å²) in [6.07, 6.45) is 0. The van der Waals surface area contributed by atoms with Crippen LogP contribution in [0.3, 0.4) is 0 Å². The summed E-state index contributed by atoms with van der Waals surface area (Å²) in [5, 5.41) is 4.55. The molecule has 0 spiro atoms. The molecule has 0 atom stereocenters. The fourth-order valence-corrected chi connectivity index (χ4v) is 13.8. The van der Waals surface area contributed by atoms with Crippen LogP contribution >= 0.6 is 11.8 Å². The Morgan fingerprint density at radius 2 is 0.750 bits per heavy atom. The molecular formula is C68H43B2N3O2S. The Balaban J connectivity index is 1.01. The lowest BCUT2D eigenvalue weighted by atomic mass is 9.30. The molecule has 0 bridgehead atoms. The molecule has 354 valence electrons. The molecule has 0 aliphatic carbocycles. The van der Waals surface area contributed by atoms with Crippen molar-refractivity contribution in [3.05, 3.63) is 261 Å². The number of fused-ring (bicyclic) bond motifs is 12. The first-order valence-corrected chi connectivity index (χ1v) is 26.8. The van der Waals surface area contributed by atoms with Crippen LogP contribution in [-0.4, -0.2) is 13.4 Å². The summed E-state index contributed by atoms with van der Waals surface area (Å²) in [5.41, 5.74) is 18.1. The van der Waals surface area contributed by atoms with Gasteiger partial charge in [0.25, 0.3) is 6.71 Å². The lowest BCUT2D eigenvalue weighted by Gasteiger charge is -2.46. The SMILES string of the molecule is c1ccc(Oc2ccc3c4c5c(cc3c2)Sc2ccccc2B5c2cc3c(cc2N4c2ccccc2)N(c2ccccc2)c2c4c(cc5cc(Oc6ccccc6)ccc25)N(c2ccccc2)c2ccccc2B34)cc1. The van der Waals surface area contributed by atoms with Gasteiger partial charge in [-0.15, -0.1) is 0 Å². The highest BCUT2D eigenvalue weighted by Gasteiger charge is 2.48. The smallest absolute Gasteiger partial charge is 0.252 e. The molecule has 0 amide bonds. The van der Waals surface area contributed by atoms with Crippen LogP contribution in [0.25, 0.3) is 21.5 Å². The molecule has 16 rings (SSSR count). The summed E-state index contributed by atoms with van der Waals surface area (Å²) in [7, 11) is 0. The van der Waals surface area contributed by atoms with Crippen molar-refractivity contribution in [2.24, 2.45) is 0 Å². The average Bonchev–Trinajstić information content (AvgIpc) is 3.55. The van der Waals surface area contributed by atoms with E-state index in [0.29, 0.717) is 0 Å². The van der Waals surface area contributed by atoms with Crippen molar-refractivity contribution in [2.45, 2.75) is 9.79 Å². The minimum absolute atomic E-state index is 0.0438. The summed E-state index contributed by atoms with van der Waals surface area (Å²) < 4.78 is 13.1. The van der Waals surface area contributed by atoms with Crippen molar-refractivity contribution in [3.63, 3.8) is 0 Å². The average molecular weight is 988 g/mol. The van der Waals surface area contributed by atoms with Crippen LogP contribution in [-0.2, 0) is 0 Å². The molecule has 12 aromatic rings. The molecule has 0 aromatic heterocycles. The van der Waals surface area contributed by atoms with E-state index in [1.165, 1.54) is 65.0 Å². The van der Waals surface area contributed by atoms with Crippen molar-refractivity contribution >= 4 is 131 Å². The second-order valence-electron chi connectivity index (χ2n) is 19.9. The molecule has 0 saturated carbocycles. The number of hydrogen-bond donors (Lipinski definition) is 0. The molecule has 0 fully saturated rings. The van der Waals surface area contributed by atoms with E-state index in [1.54, 1.807) is 0 Å². The number of hydrogen-bond acceptors (Lipinski definition) is 6. The van der Waals surface area contributed by atoms with Crippen molar-refractivity contribution in [1.29, 1.82) is 0 Å². The summed E-state index contributed by atoms with van der Waals surface area (Å²) in [6.45, 7) is -0.150. The van der Waals surface area contributed by atoms with Gasteiger partial charge in [0.2, 0.25) is 6.71 Å². The van der Waals surface area contributed by atoms with Gasteiger partial charge in [-0.25, -0.2) is 0 Å². The number of benzene rings is 12. The minimum atomic E-state index is -0.107. The molecule has 76 heavy (non-hydrogen) atoms. The third-order valence-corrected chi connectivity index (χ3v) is 16.8. The molecule has 5 nitrogen and oxygen atoms in total. The predicted molar refractivity (Wildman–Crippen MR) is 318 cm³/mol. The maximum atomic E-state index is 6.60. The monoisotopic (exact) mass is 987 g/mol. The largest absolute Gasteiger partial charge is 0.457 e. The summed E-state index contributed by atoms with van der Waals surface area (Å²) in [4.78, 5) is 10.1. The number of anilines is 9. The Bertz CT molecular complexity index is 4300. The number of ether oxygens (including phenoxy) is 2. The van der Waals surface area contributed by atoms with Crippen LogP contribution in [0, 0.1) is 0 Å². The molecular weight excluding hydrogens is 944 g/mol. The molecule has 0 radical (unpaired) electrons. The van der Waals surface area contributed by atoms with Crippen molar-refractivity contribution in [2.75, 3.05) is 14.7 Å². The first-order chi connectivity index (χ1) is 37.7. The van der Waals surface area contributed by atoms with Gasteiger partial charge in [-0.2, -0.15) is 0 Å². The van der Waals surface area contributed by atoms with Crippen molar-refractivity contribution in [1.82, 2.24) is 0 Å². The van der Waals surface area contributed by atoms with Gasteiger partial charge in [-0.3, -0.25) is 0 Å². The summed E-state index contributed by atoms with van der Waals surface area (Å²) >= 11 is 1.88. The quantitative estimate of drug-likeness (QED) is 0.148. The van der Waals surface area contributed by atoms with Crippen LogP contribution in [0.4, 0.5) is 51.2 Å². The topological polar surface area (TPSA) is 28.2 Å². The van der Waals surface area contributed by atoms with Crippen LogP contribution in [0.1, 0.15) is 0 Å². The van der Waals surface area contributed by atoms with Gasteiger partial charge in [0.15, 0.2) is 0 Å². The Labute approximate surface area is 446 Å². The van der Waals surface area contributed by atoms with E-state index in [-0.39, 0.29) is 13.4 Å². The Morgan fingerprint density at radius 1 is 0.289 bits per heavy atom. The normalized spacial score (nSPS) is 13.3. The highest BCUT2D eigenvalue weighted by Crippen LogP contribution is 2.51. The first-order valence-electron chi connectivity index (χ1n) is 26.0. The van der Waals surface area contributed by atoms with Gasteiger partial charge < -0.3 is 24.2 Å². The molecule has 0 N–H and O–H groups in total. The van der Waals surface area contributed by atoms with E-state index < -0.39 is 0 Å². The third kappa shape index (κ3) is 6.63. The zero-order valence-electron chi connectivity index (χ0n) is 41.0. The third-order valence-electron chi connectivity index (χ3n) is 15.7. The van der Waals surface area contributed by atoms with Crippen LogP contribution < -0.4 is 57.0 Å². The fraction of sp³-hybridized carbons (Fsp3) is 0. The highest BCUT2D eigenvalue weighted by molar-refractivity contribution is 8.00. The maximum absolute atomic E-state index is 6.60. The predicted octanol–water partition coefficient (Wildman–Crippen LogP) is 14.4. The van der Waals surface area contributed by atoms with Gasteiger partial charge in [0.05, 0.1) is 11.4 Å². The van der Waals surface area contributed by atoms with Crippen LogP contribution in [0.15, 0.2) is 271 Å². The van der Waals surface area contributed by atoms with Gasteiger partial charge in [-0.1, -0.05) is 151 Å². The number of rotatable bonds is 7. The molecule has 0 saturated heterocycles. The first kappa shape index (κ1) is 43.1. The van der Waals surface area contributed by atoms with E-state index in [1.807, 2.05) is 72.4 Å². The van der Waals surface area contributed by atoms with E-state index in [2.05, 4.69) is 215 Å². The van der Waals surface area contributed by atoms with E-state index in [9.17, 15) is 0 Å². The minimum Gasteiger partial charge on any atom is -0.457 e. The Hall–Kier alpha value is -9.36. The second kappa shape index (κ2) is 17.1. The maximum Gasteiger partial charge on any atom is 0.252 e. The molecule has 4 aliphatic heterocycles. The second-order valence-corrected chi connectivity index (χ2v) is 21.0. The van der Waals surface area contributed by atoms with Crippen molar-refractivity contribution in [3.8, 4) is 23.0 Å². The Kier molecular flexibility index (Phi) is 9.69. The van der Waals surface area contributed by atoms with Gasteiger partial charge in [0, 0.05) is 60.4 Å². The summed E-state index contributed by atoms with van der Waals surface area (Å²) in [6, 6.07) is 94.3. The van der Waals surface area contributed by atoms with Crippen molar-refractivity contribution < 1.29 is 9.47 Å². The van der Waals surface area contributed by atoms with Gasteiger partial charge in [-0.05, 0) is 165 Å². The molecule has 12 aromatic carbocycles. The Morgan fingerprint density at radius 3 is 1.33 bits per heavy atom. The fourth-order valence-electron chi connectivity index (χ4n) is 12.6. The summed E-state index contributed by atoms with van der Waals surface area (Å²) in [5.74, 6) is 3.21. The number of nitrogens with zero attached hydrogens (tertiary/aromatic N) is 3. The zero-order valence-corrected chi connectivity index (χ0v) is 41.9. The van der Waals surface area contributed by atoms with Crippen LogP contribution in [0.2, 0.25) is 0 Å². The van der Waals surface area contributed by atoms with Crippen LogP contribution in [0.5, 0.6) is 23.0 Å². The van der Waals surface area contributed by atoms with E-state index in [0.717, 1.165) is 73.3 Å². The molecule has 8 heteroatoms. The molecule has 0 unspecified atom stereocenters. The standard InChI is InChI=1S/C68H43B2N3O2S/c1-6-20-46(21-7-1)71-59-32-18-16-30-55(59)69-57-42-58-61(43-60(57)72(47-22-8-2-9-23-47)67-53-36-34-51(74-49-26-12-4-13-27-49)38-44(53)40-62(71)65(67)69)73(48-24-10-3-11-25-48)68-54-37-35-52(75-50-28-14-5-15-29-50)39-45(54)41-64-66(68)70(58)56-31-17-19-33-63(56)76-64/h1-43H. The van der Waals surface area contributed by atoms with E-state index >= 15 is 0 Å². The molecule has 4 heterocycles. The number of para-hydroxylation sites is 6.